The van der Waals surface area contributed by atoms with Crippen LogP contribution in [0, 0.1) is 0 Å². The Morgan fingerprint density at radius 1 is 0.944 bits per heavy atom. The van der Waals surface area contributed by atoms with Gasteiger partial charge in [-0.3, -0.25) is 0 Å². The van der Waals surface area contributed by atoms with E-state index in [1.807, 2.05) is 18.2 Å². The maximum Gasteiger partial charge on any atom is 0.135 e. The van der Waals surface area contributed by atoms with Crippen LogP contribution in [-0.2, 0) is 6.42 Å². The molecule has 2 aromatic carbocycles. The van der Waals surface area contributed by atoms with Gasteiger partial charge in [0.05, 0.1) is 0 Å². The third-order valence-corrected chi connectivity index (χ3v) is 3.11. The van der Waals surface area contributed by atoms with E-state index >= 15 is 0 Å². The molecule has 0 unspecified atom stereocenters. The first-order valence-corrected chi connectivity index (χ1v) is 5.99. The molecule has 18 heavy (non-hydrogen) atoms. The van der Waals surface area contributed by atoms with E-state index in [-0.39, 0.29) is 12.4 Å². The summed E-state index contributed by atoms with van der Waals surface area (Å²) in [5.74, 6) is 0. The fraction of sp³-hybridized carbons (Fsp3) is 0.200. The second-order valence-corrected chi connectivity index (χ2v) is 4.32. The zero-order chi connectivity index (χ0) is 11.7. The van der Waals surface area contributed by atoms with Crippen molar-refractivity contribution in [3.05, 3.63) is 48.0 Å². The Bertz CT molecular complexity index is 660. The summed E-state index contributed by atoms with van der Waals surface area (Å²) in [6.45, 7) is 0.734. The molecule has 0 bridgehead atoms. The van der Waals surface area contributed by atoms with Crippen molar-refractivity contribution in [1.29, 1.82) is 0 Å². The lowest BCUT2D eigenvalue weighted by Crippen LogP contribution is -1.99. The normalized spacial score (nSPS) is 10.7. The smallest absolute Gasteiger partial charge is 0.135 e. The first-order valence-electron chi connectivity index (χ1n) is 5.99. The van der Waals surface area contributed by atoms with Crippen LogP contribution in [0.2, 0.25) is 0 Å². The van der Waals surface area contributed by atoms with Gasteiger partial charge < -0.3 is 10.2 Å². The summed E-state index contributed by atoms with van der Waals surface area (Å²) in [5.41, 5.74) is 8.75. The van der Waals surface area contributed by atoms with Gasteiger partial charge in [-0.1, -0.05) is 30.3 Å². The zero-order valence-electron chi connectivity index (χ0n) is 10.1. The molecule has 2 nitrogen and oxygen atoms in total. The molecule has 1 aromatic heterocycles. The molecule has 0 saturated heterocycles. The van der Waals surface area contributed by atoms with Crippen molar-refractivity contribution in [2.75, 3.05) is 6.54 Å². The van der Waals surface area contributed by atoms with Gasteiger partial charge in [-0.25, -0.2) is 0 Å². The number of aryl methyl sites for hydroxylation is 1. The molecule has 0 atom stereocenters. The minimum atomic E-state index is 0. The van der Waals surface area contributed by atoms with Crippen molar-refractivity contribution in [2.24, 2.45) is 5.73 Å². The predicted octanol–water partition coefficient (Wildman–Crippen LogP) is 3.90. The fourth-order valence-corrected chi connectivity index (χ4v) is 2.23. The largest absolute Gasteiger partial charge is 0.456 e. The molecule has 3 heteroatoms. The third-order valence-electron chi connectivity index (χ3n) is 3.11. The van der Waals surface area contributed by atoms with Crippen LogP contribution in [0.4, 0.5) is 0 Å². The molecular formula is C15H16ClNO. The number of hydrogen-bond acceptors (Lipinski definition) is 2. The number of hydrogen-bond donors (Lipinski definition) is 1. The Kier molecular flexibility index (Phi) is 3.90. The summed E-state index contributed by atoms with van der Waals surface area (Å²) < 4.78 is 5.84. The molecule has 0 amide bonds. The van der Waals surface area contributed by atoms with Gasteiger partial charge in [-0.05, 0) is 37.1 Å². The number of fused-ring (bicyclic) bond motifs is 3. The lowest BCUT2D eigenvalue weighted by Gasteiger charge is -1.98. The Morgan fingerprint density at radius 2 is 1.72 bits per heavy atom. The van der Waals surface area contributed by atoms with Crippen LogP contribution < -0.4 is 5.73 Å². The fourth-order valence-electron chi connectivity index (χ4n) is 2.23. The van der Waals surface area contributed by atoms with E-state index in [1.54, 1.807) is 0 Å². The van der Waals surface area contributed by atoms with Gasteiger partial charge in [0, 0.05) is 10.8 Å². The molecule has 0 spiro atoms. The number of nitrogens with two attached hydrogens (primary N) is 1. The Hall–Kier alpha value is -1.51. The number of rotatable bonds is 3. The molecular weight excluding hydrogens is 246 g/mol. The predicted molar refractivity (Wildman–Crippen MR) is 78.3 cm³/mol. The SMILES string of the molecule is Cl.NCCCc1ccc2c(c1)oc1ccccc12. The molecule has 0 aliphatic rings. The first kappa shape index (κ1) is 12.9. The first-order chi connectivity index (χ1) is 8.38. The minimum Gasteiger partial charge on any atom is -0.456 e. The van der Waals surface area contributed by atoms with E-state index < -0.39 is 0 Å². The summed E-state index contributed by atoms with van der Waals surface area (Å²) in [4.78, 5) is 0. The van der Waals surface area contributed by atoms with Gasteiger partial charge in [0.15, 0.2) is 0 Å². The molecule has 94 valence electrons. The van der Waals surface area contributed by atoms with Gasteiger partial charge in [-0.15, -0.1) is 12.4 Å². The molecule has 0 radical (unpaired) electrons. The lowest BCUT2D eigenvalue weighted by atomic mass is 10.1. The maximum absolute atomic E-state index is 5.84. The highest BCUT2D eigenvalue weighted by atomic mass is 35.5. The second kappa shape index (κ2) is 5.42. The topological polar surface area (TPSA) is 39.2 Å². The number of para-hydroxylation sites is 1. The van der Waals surface area contributed by atoms with Gasteiger partial charge >= 0.3 is 0 Å². The van der Waals surface area contributed by atoms with E-state index in [1.165, 1.54) is 16.3 Å². The summed E-state index contributed by atoms with van der Waals surface area (Å²) >= 11 is 0. The van der Waals surface area contributed by atoms with Crippen LogP contribution in [0.5, 0.6) is 0 Å². The van der Waals surface area contributed by atoms with Crippen LogP contribution in [0.25, 0.3) is 21.9 Å². The Labute approximate surface area is 112 Å². The summed E-state index contributed by atoms with van der Waals surface area (Å²) in [6, 6.07) is 14.6. The van der Waals surface area contributed by atoms with Crippen LogP contribution in [-0.4, -0.2) is 6.54 Å². The number of furan rings is 1. The molecule has 3 rings (SSSR count). The van der Waals surface area contributed by atoms with E-state index in [4.69, 9.17) is 10.2 Å². The van der Waals surface area contributed by atoms with Gasteiger partial charge in [-0.2, -0.15) is 0 Å². The van der Waals surface area contributed by atoms with E-state index in [0.717, 1.165) is 30.6 Å². The van der Waals surface area contributed by atoms with Crippen LogP contribution in [0.1, 0.15) is 12.0 Å². The molecule has 0 aliphatic carbocycles. The van der Waals surface area contributed by atoms with Crippen LogP contribution in [0.15, 0.2) is 46.9 Å². The van der Waals surface area contributed by atoms with Gasteiger partial charge in [0.25, 0.3) is 0 Å². The highest BCUT2D eigenvalue weighted by molar-refractivity contribution is 6.04. The second-order valence-electron chi connectivity index (χ2n) is 4.32. The molecule has 0 aliphatic heterocycles. The number of benzene rings is 2. The van der Waals surface area contributed by atoms with Crippen molar-refractivity contribution in [3.8, 4) is 0 Å². The van der Waals surface area contributed by atoms with Gasteiger partial charge in [0.1, 0.15) is 11.2 Å². The summed E-state index contributed by atoms with van der Waals surface area (Å²) in [7, 11) is 0. The lowest BCUT2D eigenvalue weighted by molar-refractivity contribution is 0.667. The summed E-state index contributed by atoms with van der Waals surface area (Å²) in [5, 5.41) is 2.38. The molecule has 1 heterocycles. The summed E-state index contributed by atoms with van der Waals surface area (Å²) in [6.07, 6.45) is 2.04. The third kappa shape index (κ3) is 2.22. The van der Waals surface area contributed by atoms with Crippen molar-refractivity contribution >= 4 is 34.3 Å². The molecule has 2 N–H and O–H groups in total. The highest BCUT2D eigenvalue weighted by Gasteiger charge is 2.06. The molecule has 3 aromatic rings. The van der Waals surface area contributed by atoms with Crippen molar-refractivity contribution in [2.45, 2.75) is 12.8 Å². The molecule has 0 fully saturated rings. The van der Waals surface area contributed by atoms with E-state index in [2.05, 4.69) is 24.3 Å². The van der Waals surface area contributed by atoms with Gasteiger partial charge in [0.2, 0.25) is 0 Å². The van der Waals surface area contributed by atoms with Crippen molar-refractivity contribution in [3.63, 3.8) is 0 Å². The van der Waals surface area contributed by atoms with Crippen molar-refractivity contribution < 1.29 is 4.42 Å². The molecule has 0 saturated carbocycles. The Balaban J connectivity index is 0.00000120. The highest BCUT2D eigenvalue weighted by Crippen LogP contribution is 2.29. The van der Waals surface area contributed by atoms with Crippen LogP contribution >= 0.6 is 12.4 Å². The average molecular weight is 262 g/mol. The van der Waals surface area contributed by atoms with Crippen molar-refractivity contribution in [1.82, 2.24) is 0 Å². The quantitative estimate of drug-likeness (QED) is 0.777. The number of halogens is 1. The standard InChI is InChI=1S/C15H15NO.ClH/c16-9-3-4-11-7-8-13-12-5-1-2-6-14(12)17-15(13)10-11;/h1-2,5-8,10H,3-4,9,16H2;1H. The Morgan fingerprint density at radius 3 is 2.56 bits per heavy atom. The van der Waals surface area contributed by atoms with E-state index in [0.29, 0.717) is 0 Å². The average Bonchev–Trinajstić information content (AvgIpc) is 2.74. The van der Waals surface area contributed by atoms with Crippen LogP contribution in [0.3, 0.4) is 0 Å². The maximum atomic E-state index is 5.84. The zero-order valence-corrected chi connectivity index (χ0v) is 10.9. The minimum absolute atomic E-state index is 0. The monoisotopic (exact) mass is 261 g/mol. The van der Waals surface area contributed by atoms with E-state index in [9.17, 15) is 0 Å².